The maximum absolute atomic E-state index is 11.1. The molecule has 5 heteroatoms. The summed E-state index contributed by atoms with van der Waals surface area (Å²) in [6.07, 6.45) is 0.455. The summed E-state index contributed by atoms with van der Waals surface area (Å²) in [5, 5.41) is 0.711. The zero-order valence-corrected chi connectivity index (χ0v) is 10.0. The van der Waals surface area contributed by atoms with Gasteiger partial charge in [-0.15, -0.1) is 0 Å². The van der Waals surface area contributed by atoms with Crippen LogP contribution in [0.25, 0.3) is 10.2 Å². The number of aryl methyl sites for hydroxylation is 1. The van der Waals surface area contributed by atoms with Crippen molar-refractivity contribution in [3.05, 3.63) is 23.8 Å². The topological polar surface area (TPSA) is 54.0 Å². The Morgan fingerprint density at radius 3 is 3.06 bits per heavy atom. The maximum atomic E-state index is 11.1. The van der Waals surface area contributed by atoms with E-state index in [9.17, 15) is 4.79 Å². The molecule has 0 fully saturated rings. The van der Waals surface area contributed by atoms with Gasteiger partial charge in [-0.25, -0.2) is 4.98 Å². The largest absolute Gasteiger partial charge is 0.273 e. The van der Waals surface area contributed by atoms with E-state index < -0.39 is 0 Å². The average Bonchev–Trinajstić information content (AvgIpc) is 2.67. The SMILES string of the molecule is CCC(=O)NNc1nc2ccc(C)cc2s1. The molecule has 2 rings (SSSR count). The summed E-state index contributed by atoms with van der Waals surface area (Å²) in [4.78, 5) is 15.4. The van der Waals surface area contributed by atoms with Crippen LogP contribution >= 0.6 is 11.3 Å². The summed E-state index contributed by atoms with van der Waals surface area (Å²) in [5.74, 6) is -0.0459. The van der Waals surface area contributed by atoms with Crippen molar-refractivity contribution < 1.29 is 4.79 Å². The molecule has 0 atom stereocenters. The molecule has 4 nitrogen and oxygen atoms in total. The molecule has 0 aliphatic rings. The third kappa shape index (κ3) is 2.30. The van der Waals surface area contributed by atoms with Crippen LogP contribution < -0.4 is 10.9 Å². The number of nitrogens with one attached hydrogen (secondary N) is 2. The summed E-state index contributed by atoms with van der Waals surface area (Å²) in [7, 11) is 0. The van der Waals surface area contributed by atoms with E-state index in [0.717, 1.165) is 10.2 Å². The summed E-state index contributed by atoms with van der Waals surface area (Å²) < 4.78 is 1.12. The van der Waals surface area contributed by atoms with Crippen molar-refractivity contribution in [1.82, 2.24) is 10.4 Å². The number of amides is 1. The number of hydrogen-bond acceptors (Lipinski definition) is 4. The van der Waals surface area contributed by atoms with Crippen molar-refractivity contribution in [2.75, 3.05) is 5.43 Å². The molecule has 0 saturated heterocycles. The van der Waals surface area contributed by atoms with E-state index in [1.54, 1.807) is 6.92 Å². The highest BCUT2D eigenvalue weighted by Gasteiger charge is 2.04. The van der Waals surface area contributed by atoms with Crippen molar-refractivity contribution in [2.24, 2.45) is 0 Å². The van der Waals surface area contributed by atoms with Gasteiger partial charge in [0.05, 0.1) is 10.2 Å². The molecular weight excluding hydrogens is 222 g/mol. The van der Waals surface area contributed by atoms with Crippen LogP contribution in [0.15, 0.2) is 18.2 Å². The van der Waals surface area contributed by atoms with Gasteiger partial charge in [0.25, 0.3) is 0 Å². The molecule has 0 spiro atoms. The lowest BCUT2D eigenvalue weighted by Gasteiger charge is -2.01. The number of anilines is 1. The molecule has 2 N–H and O–H groups in total. The molecule has 16 heavy (non-hydrogen) atoms. The van der Waals surface area contributed by atoms with E-state index in [4.69, 9.17) is 0 Å². The van der Waals surface area contributed by atoms with Crippen LogP contribution in [0.4, 0.5) is 5.13 Å². The molecule has 1 heterocycles. The van der Waals surface area contributed by atoms with E-state index >= 15 is 0 Å². The molecule has 1 aromatic carbocycles. The predicted octanol–water partition coefficient (Wildman–Crippen LogP) is 2.46. The van der Waals surface area contributed by atoms with Crippen LogP contribution in [0.2, 0.25) is 0 Å². The van der Waals surface area contributed by atoms with Gasteiger partial charge in [-0.1, -0.05) is 24.3 Å². The number of hydrogen-bond donors (Lipinski definition) is 2. The van der Waals surface area contributed by atoms with Crippen molar-refractivity contribution in [1.29, 1.82) is 0 Å². The summed E-state index contributed by atoms with van der Waals surface area (Å²) in [6, 6.07) is 6.09. The minimum absolute atomic E-state index is 0.0459. The highest BCUT2D eigenvalue weighted by Crippen LogP contribution is 2.25. The average molecular weight is 235 g/mol. The number of hydrazine groups is 1. The van der Waals surface area contributed by atoms with E-state index in [0.29, 0.717) is 11.6 Å². The van der Waals surface area contributed by atoms with E-state index in [-0.39, 0.29) is 5.91 Å². The lowest BCUT2D eigenvalue weighted by Crippen LogP contribution is -2.28. The Bertz CT molecular complexity index is 521. The molecule has 2 aromatic rings. The first kappa shape index (κ1) is 10.9. The number of benzene rings is 1. The van der Waals surface area contributed by atoms with Gasteiger partial charge in [0.2, 0.25) is 11.0 Å². The lowest BCUT2D eigenvalue weighted by molar-refractivity contribution is -0.120. The first-order chi connectivity index (χ1) is 7.69. The summed E-state index contributed by atoms with van der Waals surface area (Å²) >= 11 is 1.53. The van der Waals surface area contributed by atoms with Gasteiger partial charge < -0.3 is 0 Å². The van der Waals surface area contributed by atoms with Crippen LogP contribution in [0.1, 0.15) is 18.9 Å². The van der Waals surface area contributed by atoms with Crippen LogP contribution in [-0.2, 0) is 4.79 Å². The smallest absolute Gasteiger partial charge is 0.238 e. The fraction of sp³-hybridized carbons (Fsp3) is 0.273. The number of carbonyl (C=O) groups is 1. The molecule has 0 radical (unpaired) electrons. The van der Waals surface area contributed by atoms with Crippen molar-refractivity contribution in [3.63, 3.8) is 0 Å². The second-order valence-corrected chi connectivity index (χ2v) is 4.55. The molecule has 84 valence electrons. The van der Waals surface area contributed by atoms with Crippen LogP contribution in [-0.4, -0.2) is 10.9 Å². The van der Waals surface area contributed by atoms with Crippen LogP contribution in [0.3, 0.4) is 0 Å². The summed E-state index contributed by atoms with van der Waals surface area (Å²) in [5.41, 5.74) is 7.55. The summed E-state index contributed by atoms with van der Waals surface area (Å²) in [6.45, 7) is 3.85. The molecule has 0 saturated carbocycles. The first-order valence-electron chi connectivity index (χ1n) is 5.11. The zero-order chi connectivity index (χ0) is 11.5. The Balaban J connectivity index is 2.16. The number of aromatic nitrogens is 1. The van der Waals surface area contributed by atoms with Gasteiger partial charge in [-0.05, 0) is 24.6 Å². The fourth-order valence-corrected chi connectivity index (χ4v) is 2.21. The van der Waals surface area contributed by atoms with Gasteiger partial charge in [0.15, 0.2) is 0 Å². The number of nitrogens with zero attached hydrogens (tertiary/aromatic N) is 1. The minimum Gasteiger partial charge on any atom is -0.273 e. The highest BCUT2D eigenvalue weighted by molar-refractivity contribution is 7.22. The third-order valence-electron chi connectivity index (χ3n) is 2.17. The molecule has 0 aliphatic heterocycles. The molecule has 1 amide bonds. The van der Waals surface area contributed by atoms with E-state index in [2.05, 4.69) is 21.9 Å². The third-order valence-corrected chi connectivity index (χ3v) is 3.11. The monoisotopic (exact) mass is 235 g/mol. The Morgan fingerprint density at radius 1 is 1.50 bits per heavy atom. The molecule has 0 unspecified atom stereocenters. The van der Waals surface area contributed by atoms with Crippen molar-refractivity contribution in [3.8, 4) is 0 Å². The minimum atomic E-state index is -0.0459. The molecule has 0 bridgehead atoms. The fourth-order valence-electron chi connectivity index (χ4n) is 1.30. The van der Waals surface area contributed by atoms with Gasteiger partial charge in [0.1, 0.15) is 0 Å². The lowest BCUT2D eigenvalue weighted by atomic mass is 10.2. The predicted molar refractivity (Wildman–Crippen MR) is 66.4 cm³/mol. The first-order valence-corrected chi connectivity index (χ1v) is 5.92. The van der Waals surface area contributed by atoms with E-state index in [1.165, 1.54) is 16.9 Å². The molecule has 1 aromatic heterocycles. The van der Waals surface area contributed by atoms with Crippen LogP contribution in [0.5, 0.6) is 0 Å². The maximum Gasteiger partial charge on any atom is 0.238 e. The van der Waals surface area contributed by atoms with Crippen LogP contribution in [0, 0.1) is 6.92 Å². The second-order valence-electron chi connectivity index (χ2n) is 3.52. The van der Waals surface area contributed by atoms with Gasteiger partial charge >= 0.3 is 0 Å². The number of rotatable bonds is 3. The Labute approximate surface area is 97.7 Å². The second kappa shape index (κ2) is 4.49. The Hall–Kier alpha value is -1.62. The molecular formula is C11H13N3OS. The van der Waals surface area contributed by atoms with E-state index in [1.807, 2.05) is 19.1 Å². The normalized spacial score (nSPS) is 10.4. The van der Waals surface area contributed by atoms with Gasteiger partial charge in [-0.3, -0.25) is 15.6 Å². The number of thiazole rings is 1. The quantitative estimate of drug-likeness (QED) is 0.803. The number of fused-ring (bicyclic) bond motifs is 1. The zero-order valence-electron chi connectivity index (χ0n) is 9.20. The Kier molecular flexibility index (Phi) is 3.05. The highest BCUT2D eigenvalue weighted by atomic mass is 32.1. The van der Waals surface area contributed by atoms with Crippen molar-refractivity contribution in [2.45, 2.75) is 20.3 Å². The van der Waals surface area contributed by atoms with Crippen molar-refractivity contribution >= 4 is 32.6 Å². The Morgan fingerprint density at radius 2 is 2.31 bits per heavy atom. The van der Waals surface area contributed by atoms with Gasteiger partial charge in [0, 0.05) is 6.42 Å². The number of carbonyl (C=O) groups excluding carboxylic acids is 1. The molecule has 0 aliphatic carbocycles. The van der Waals surface area contributed by atoms with Gasteiger partial charge in [-0.2, -0.15) is 0 Å². The standard InChI is InChI=1S/C11H13N3OS/c1-3-10(15)13-14-11-12-8-5-4-7(2)6-9(8)16-11/h4-6H,3H2,1-2H3,(H,12,14)(H,13,15).